The molecule has 0 unspecified atom stereocenters. The van der Waals surface area contributed by atoms with E-state index in [1.807, 2.05) is 76.0 Å². The van der Waals surface area contributed by atoms with Crippen LogP contribution in [-0.2, 0) is 62.9 Å². The van der Waals surface area contributed by atoms with E-state index in [4.69, 9.17) is 100 Å². The molecule has 0 fully saturated rings. The number of carbonyl (C=O) groups is 6. The van der Waals surface area contributed by atoms with Crippen LogP contribution in [0.2, 0.25) is 0 Å². The molecule has 0 aromatic heterocycles. The van der Waals surface area contributed by atoms with Crippen molar-refractivity contribution in [3.63, 3.8) is 0 Å². The summed E-state index contributed by atoms with van der Waals surface area (Å²) >= 11 is 0. The predicted molar refractivity (Wildman–Crippen MR) is 219 cm³/mol. The van der Waals surface area contributed by atoms with Crippen molar-refractivity contribution in [2.24, 2.45) is 0 Å². The monoisotopic (exact) mass is 1700 g/mol. The second-order valence-corrected chi connectivity index (χ2v) is 10.8. The summed E-state index contributed by atoms with van der Waals surface area (Å²) in [6, 6.07) is 0. The van der Waals surface area contributed by atoms with Crippen LogP contribution in [0.3, 0.4) is 0 Å². The maximum absolute atomic E-state index is 10.5. The van der Waals surface area contributed by atoms with Gasteiger partial charge in [-0.1, -0.05) is 0 Å². The third kappa shape index (κ3) is 195. The smallest absolute Gasteiger partial charge is 0.542 e. The van der Waals surface area contributed by atoms with Crippen LogP contribution in [0.1, 0.15) is 0 Å². The molecule has 24 nitrogen and oxygen atoms in total. The SMILES string of the molecule is CN(C)CCO.CN(C)CCO.CN(C)CCO.CN(C)CCO.CO.CO.CO.CO.O=C([O-])C(F)(F)F.O=C([O-])C(F)(F)F.O=C([O-])C(F)(F)F.O=C([O-])C(F)(F)F.O=C([O-])C(F)(F)F.O=C([O-])C(F)(F)F.[Ba+2].[Ba+2].[Ba+2].[Cu].[Cu]. The first kappa shape index (κ1) is 134. The first-order valence-corrected chi connectivity index (χ1v) is 17.2. The quantitative estimate of drug-likeness (QED) is 0.0826. The molecule has 0 rings (SSSR count). The Morgan fingerprint density at radius 2 is 0.329 bits per heavy atom. The number of halogens is 18. The molecule has 0 amide bonds. The second-order valence-electron chi connectivity index (χ2n) is 10.8. The van der Waals surface area contributed by atoms with Crippen LogP contribution in [0.4, 0.5) is 79.0 Å². The van der Waals surface area contributed by atoms with Crippen LogP contribution < -0.4 is 30.6 Å². The van der Waals surface area contributed by atoms with Crippen LogP contribution in [-0.4, -0.2) is 417 Å². The largest absolute Gasteiger partial charge is 2.00 e. The van der Waals surface area contributed by atoms with E-state index in [1.54, 1.807) is 0 Å². The minimum Gasteiger partial charge on any atom is -0.542 e. The fourth-order valence-corrected chi connectivity index (χ4v) is 0.800. The Morgan fingerprint density at radius 1 is 0.278 bits per heavy atom. The van der Waals surface area contributed by atoms with E-state index in [0.717, 1.165) is 54.6 Å². The minimum atomic E-state index is -5.19. The zero-order valence-corrected chi connectivity index (χ0v) is 58.7. The summed E-state index contributed by atoms with van der Waals surface area (Å²) < 4.78 is 189. The normalized spacial score (nSPS) is 9.34. The third-order valence-electron chi connectivity index (χ3n) is 3.58. The van der Waals surface area contributed by atoms with Gasteiger partial charge in [0, 0.05) is 88.8 Å². The molecule has 47 heteroatoms. The Labute approximate surface area is 582 Å². The summed E-state index contributed by atoms with van der Waals surface area (Å²) in [5.41, 5.74) is 0. The number of alkyl halides is 18. The molecular formula is C32H60Ba3Cu2F18N4O20. The summed E-state index contributed by atoms with van der Waals surface area (Å²) in [4.78, 5) is 60.4. The molecule has 0 aliphatic heterocycles. The number of likely N-dealkylation sites (N-methyl/N-ethyl adjacent to an activating group) is 4. The average molecular weight is 1700 g/mol. The Hall–Kier alpha value is 0.833. The van der Waals surface area contributed by atoms with Gasteiger partial charge < -0.3 is 120 Å². The van der Waals surface area contributed by atoms with Crippen molar-refractivity contribution in [2.45, 2.75) is 37.1 Å². The molecule has 0 heterocycles. The number of rotatable bonds is 8. The first-order valence-electron chi connectivity index (χ1n) is 17.2. The van der Waals surface area contributed by atoms with Crippen molar-refractivity contribution < 1.29 is 213 Å². The molecule has 0 aliphatic carbocycles. The molecule has 0 bridgehead atoms. The number of carbonyl (C=O) groups excluding carboxylic acids is 6. The molecule has 0 saturated heterocycles. The molecule has 8 N–H and O–H groups in total. The van der Waals surface area contributed by atoms with Gasteiger partial charge in [0.05, 0.1) is 26.4 Å². The summed E-state index contributed by atoms with van der Waals surface area (Å²) in [5, 5.41) is 113. The number of carboxylic acid groups (broad SMARTS) is 6. The minimum absolute atomic E-state index is 0. The first-order chi connectivity index (χ1) is 32.7. The summed E-state index contributed by atoms with van der Waals surface area (Å²) in [5.74, 6) is -18.0. The van der Waals surface area contributed by atoms with E-state index in [1.165, 1.54) is 0 Å². The number of nitrogens with zero attached hydrogens (tertiary/aromatic N) is 4. The van der Waals surface area contributed by atoms with Crippen LogP contribution in [0, 0.1) is 0 Å². The van der Waals surface area contributed by atoms with Crippen LogP contribution in [0.5, 0.6) is 0 Å². The van der Waals surface area contributed by atoms with E-state index >= 15 is 0 Å². The van der Waals surface area contributed by atoms with Gasteiger partial charge in [0.15, 0.2) is 0 Å². The molecule has 2 radical (unpaired) electrons. The van der Waals surface area contributed by atoms with Gasteiger partial charge in [-0.25, -0.2) is 0 Å². The second kappa shape index (κ2) is 85.3. The number of aliphatic hydroxyl groups is 8. The van der Waals surface area contributed by atoms with Crippen LogP contribution in [0.25, 0.3) is 0 Å². The molecule has 0 aromatic carbocycles. The van der Waals surface area contributed by atoms with Gasteiger partial charge in [0.2, 0.25) is 0 Å². The van der Waals surface area contributed by atoms with Gasteiger partial charge in [-0.05, 0) is 56.4 Å². The molecule has 0 saturated carbocycles. The van der Waals surface area contributed by atoms with Gasteiger partial charge in [-0.3, -0.25) is 0 Å². The summed E-state index contributed by atoms with van der Waals surface area (Å²) in [6.45, 7) is 4.08. The Balaban J connectivity index is -0.0000000292. The number of hydrogen-bond acceptors (Lipinski definition) is 24. The predicted octanol–water partition coefficient (Wildman–Crippen LogP) is -8.76. The summed E-state index contributed by atoms with van der Waals surface area (Å²) in [6.07, 6.45) is -31.2. The Morgan fingerprint density at radius 3 is 0.329 bits per heavy atom. The maximum atomic E-state index is 10.5. The molecule has 0 atom stereocenters. The molecule has 0 spiro atoms. The fourth-order valence-electron chi connectivity index (χ4n) is 0.800. The van der Waals surface area contributed by atoms with Gasteiger partial charge >= 0.3 is 184 Å². The van der Waals surface area contributed by atoms with E-state index in [-0.39, 0.29) is 207 Å². The Kier molecular flexibility index (Phi) is 145. The molecule has 79 heavy (non-hydrogen) atoms. The molecule has 482 valence electrons. The fraction of sp³-hybridized carbons (Fsp3) is 0.812. The van der Waals surface area contributed by atoms with Crippen molar-refractivity contribution >= 4 is 182 Å². The zero-order valence-electron chi connectivity index (χ0n) is 43.5. The third-order valence-corrected chi connectivity index (χ3v) is 3.58. The van der Waals surface area contributed by atoms with Crippen LogP contribution >= 0.6 is 0 Å². The molecule has 0 aromatic rings. The number of aliphatic hydroxyl groups excluding tert-OH is 8. The number of aliphatic carboxylic acids is 6. The van der Waals surface area contributed by atoms with Crippen molar-refractivity contribution in [1.82, 2.24) is 19.6 Å². The zero-order chi connectivity index (χ0) is 64.4. The maximum Gasteiger partial charge on any atom is 2.00 e. The van der Waals surface area contributed by atoms with E-state index in [0.29, 0.717) is 0 Å². The number of hydrogen-bond donors (Lipinski definition) is 8. The van der Waals surface area contributed by atoms with Crippen molar-refractivity contribution in [3.05, 3.63) is 0 Å². The Bertz CT molecular complexity index is 1050. The van der Waals surface area contributed by atoms with E-state index in [9.17, 15) is 79.0 Å². The van der Waals surface area contributed by atoms with Crippen molar-refractivity contribution in [3.8, 4) is 0 Å². The molecule has 0 aliphatic rings. The van der Waals surface area contributed by atoms with Gasteiger partial charge in [-0.2, -0.15) is 79.0 Å². The topological polar surface area (TPSA) is 416 Å². The van der Waals surface area contributed by atoms with Gasteiger partial charge in [0.25, 0.3) is 0 Å². The van der Waals surface area contributed by atoms with Crippen LogP contribution in [0.15, 0.2) is 0 Å². The molecular weight excluding hydrogens is 1640 g/mol. The summed E-state index contributed by atoms with van der Waals surface area (Å²) in [7, 11) is 19.4. The van der Waals surface area contributed by atoms with Crippen molar-refractivity contribution in [1.29, 1.82) is 0 Å². The standard InChI is InChI=1S/4C4H11NO.6C2HF3O2.4CH4O.3Ba.2Cu/c4*1-5(2)3-4-6;6*3-2(4,5)1(6)7;4*1-2;;;;;/h4*6H,3-4H2,1-2H3;6*(H,6,7);4*2H,1H3;;;;;/q;;;;;;;;;;;;;;3*+2;;/p-6. The van der Waals surface area contributed by atoms with Gasteiger partial charge in [0.1, 0.15) is 35.8 Å². The average Bonchev–Trinajstić information content (AvgIpc) is 3.21. The van der Waals surface area contributed by atoms with E-state index < -0.39 is 72.9 Å². The van der Waals surface area contributed by atoms with Gasteiger partial charge in [-0.15, -0.1) is 0 Å². The van der Waals surface area contributed by atoms with E-state index in [2.05, 4.69) is 0 Å². The number of carboxylic acids is 6. The van der Waals surface area contributed by atoms with Crippen molar-refractivity contribution in [2.75, 3.05) is 137 Å².